The van der Waals surface area contributed by atoms with Gasteiger partial charge in [0.05, 0.1) is 5.69 Å². The molecule has 1 N–H and O–H groups in total. The molecule has 2 unspecified atom stereocenters. The third kappa shape index (κ3) is 5.30. The smallest absolute Gasteiger partial charge is 0.260 e. The number of likely N-dealkylation sites (tertiary alicyclic amines) is 1. The molecule has 5 rings (SSSR count). The monoisotopic (exact) mass is 486 g/mol. The van der Waals surface area contributed by atoms with Crippen molar-refractivity contribution in [3.63, 3.8) is 0 Å². The highest BCUT2D eigenvalue weighted by atomic mass is 16.5. The summed E-state index contributed by atoms with van der Waals surface area (Å²) >= 11 is 0. The molecule has 188 valence electrons. The lowest BCUT2D eigenvalue weighted by atomic mass is 9.97. The number of nitrogens with zero attached hydrogens (tertiary/aromatic N) is 3. The zero-order valence-electron chi connectivity index (χ0n) is 21.1. The van der Waals surface area contributed by atoms with Crippen molar-refractivity contribution in [3.8, 4) is 17.0 Å². The first-order valence-corrected chi connectivity index (χ1v) is 13.0. The number of nitrogens with one attached hydrogen (secondary N) is 1. The molecule has 7 heteroatoms. The van der Waals surface area contributed by atoms with E-state index in [1.54, 1.807) is 24.3 Å². The van der Waals surface area contributed by atoms with E-state index in [0.29, 0.717) is 11.3 Å². The van der Waals surface area contributed by atoms with Crippen LogP contribution in [0.15, 0.2) is 54.7 Å². The summed E-state index contributed by atoms with van der Waals surface area (Å²) < 4.78 is 7.97. The van der Waals surface area contributed by atoms with E-state index in [0.717, 1.165) is 55.0 Å². The molecule has 2 amide bonds. The summed E-state index contributed by atoms with van der Waals surface area (Å²) in [6.45, 7) is 5.21. The maximum atomic E-state index is 12.8. The fourth-order valence-electron chi connectivity index (χ4n) is 5.35. The number of rotatable bonds is 6. The molecular weight excluding hydrogens is 452 g/mol. The Balaban J connectivity index is 1.19. The number of hydrogen-bond acceptors (Lipinski definition) is 4. The van der Waals surface area contributed by atoms with E-state index in [-0.39, 0.29) is 30.5 Å². The van der Waals surface area contributed by atoms with Gasteiger partial charge in [-0.15, -0.1) is 0 Å². The molecule has 0 spiro atoms. The highest BCUT2D eigenvalue weighted by molar-refractivity contribution is 6.04. The molecular formula is C29H34N4O3. The van der Waals surface area contributed by atoms with E-state index in [1.807, 2.05) is 29.2 Å². The van der Waals surface area contributed by atoms with Gasteiger partial charge in [0.2, 0.25) is 0 Å². The molecule has 1 aromatic heterocycles. The molecule has 0 saturated carbocycles. The number of imidazole rings is 1. The number of benzene rings is 2. The van der Waals surface area contributed by atoms with Crippen LogP contribution in [0.4, 0.5) is 5.69 Å². The normalized spacial score (nSPS) is 19.4. The van der Waals surface area contributed by atoms with Crippen LogP contribution in [0.1, 0.15) is 62.1 Å². The number of hydrogen-bond donors (Lipinski definition) is 1. The molecule has 36 heavy (non-hydrogen) atoms. The van der Waals surface area contributed by atoms with Gasteiger partial charge in [0.1, 0.15) is 11.6 Å². The molecule has 1 saturated heterocycles. The standard InChI is InChI=1S/C29H34N4O3/c1-20-7-5-8-21(2)33(20)28(34)19-36-25-14-12-22(13-15-25)29(35)30-24-10-6-9-23(17-24)26-18-32-16-4-3-11-27(32)31-26/h6,9-10,12-15,17-18,20-21H,3-5,7-8,11,16,19H2,1-2H3,(H,30,35). The minimum Gasteiger partial charge on any atom is -0.484 e. The quantitative estimate of drug-likeness (QED) is 0.513. The number of aromatic nitrogens is 2. The van der Waals surface area contributed by atoms with Crippen molar-refractivity contribution >= 4 is 17.5 Å². The van der Waals surface area contributed by atoms with Crippen LogP contribution in [0, 0.1) is 0 Å². The van der Waals surface area contributed by atoms with Crippen LogP contribution >= 0.6 is 0 Å². The van der Waals surface area contributed by atoms with Crippen molar-refractivity contribution in [2.45, 2.75) is 71.0 Å². The topological polar surface area (TPSA) is 76.5 Å². The number of aryl methyl sites for hydroxylation is 2. The van der Waals surface area contributed by atoms with Crippen LogP contribution < -0.4 is 10.1 Å². The van der Waals surface area contributed by atoms with Gasteiger partial charge in [-0.2, -0.15) is 0 Å². The molecule has 7 nitrogen and oxygen atoms in total. The SMILES string of the molecule is CC1CCCC(C)N1C(=O)COc1ccc(C(=O)Nc2cccc(-c3cn4c(n3)CCCC4)c2)cc1. The molecule has 0 aliphatic carbocycles. The lowest BCUT2D eigenvalue weighted by Gasteiger charge is -2.38. The van der Waals surface area contributed by atoms with Crippen LogP contribution in [0.2, 0.25) is 0 Å². The van der Waals surface area contributed by atoms with Crippen molar-refractivity contribution in [3.05, 3.63) is 66.1 Å². The van der Waals surface area contributed by atoms with Crippen molar-refractivity contribution < 1.29 is 14.3 Å². The first kappa shape index (κ1) is 24.1. The number of anilines is 1. The highest BCUT2D eigenvalue weighted by Gasteiger charge is 2.29. The summed E-state index contributed by atoms with van der Waals surface area (Å²) in [4.78, 5) is 32.3. The zero-order chi connectivity index (χ0) is 25.1. The third-order valence-corrected chi connectivity index (χ3v) is 7.29. The molecule has 2 aliphatic rings. The molecule has 0 radical (unpaired) electrons. The second-order valence-electron chi connectivity index (χ2n) is 9.97. The van der Waals surface area contributed by atoms with Gasteiger partial charge < -0.3 is 19.5 Å². The Morgan fingerprint density at radius 2 is 1.81 bits per heavy atom. The maximum absolute atomic E-state index is 12.8. The number of ether oxygens (including phenoxy) is 1. The Bertz CT molecular complexity index is 1200. The summed E-state index contributed by atoms with van der Waals surface area (Å²) in [5, 5.41) is 2.98. The van der Waals surface area contributed by atoms with E-state index >= 15 is 0 Å². The predicted molar refractivity (Wildman–Crippen MR) is 140 cm³/mol. The average molecular weight is 487 g/mol. The average Bonchev–Trinajstić information content (AvgIpc) is 3.32. The molecule has 2 aromatic carbocycles. The molecule has 0 bridgehead atoms. The van der Waals surface area contributed by atoms with Gasteiger partial charge in [0.25, 0.3) is 11.8 Å². The fraction of sp³-hybridized carbons (Fsp3) is 0.414. The van der Waals surface area contributed by atoms with Crippen molar-refractivity contribution in [1.82, 2.24) is 14.5 Å². The lowest BCUT2D eigenvalue weighted by Crippen LogP contribution is -2.49. The van der Waals surface area contributed by atoms with E-state index in [9.17, 15) is 9.59 Å². The minimum atomic E-state index is -0.199. The predicted octanol–water partition coefficient (Wildman–Crippen LogP) is 5.31. The van der Waals surface area contributed by atoms with Crippen LogP contribution in [-0.4, -0.2) is 45.0 Å². The summed E-state index contributed by atoms with van der Waals surface area (Å²) in [5.74, 6) is 1.52. The fourth-order valence-corrected chi connectivity index (χ4v) is 5.35. The van der Waals surface area contributed by atoms with Gasteiger partial charge in [-0.25, -0.2) is 4.98 Å². The van der Waals surface area contributed by atoms with Crippen molar-refractivity contribution in [2.24, 2.45) is 0 Å². The Kier molecular flexibility index (Phi) is 7.07. The van der Waals surface area contributed by atoms with E-state index < -0.39 is 0 Å². The van der Waals surface area contributed by atoms with Gasteiger partial charge in [-0.1, -0.05) is 12.1 Å². The minimum absolute atomic E-state index is 0.00446. The summed E-state index contributed by atoms with van der Waals surface area (Å²) in [6.07, 6.45) is 8.72. The van der Waals surface area contributed by atoms with Crippen LogP contribution in [0.3, 0.4) is 0 Å². The number of carbonyl (C=O) groups is 2. The van der Waals surface area contributed by atoms with E-state index in [1.165, 1.54) is 12.8 Å². The van der Waals surface area contributed by atoms with Crippen LogP contribution in [0.5, 0.6) is 5.75 Å². The largest absolute Gasteiger partial charge is 0.484 e. The highest BCUT2D eigenvalue weighted by Crippen LogP contribution is 2.26. The lowest BCUT2D eigenvalue weighted by molar-refractivity contribution is -0.139. The van der Waals surface area contributed by atoms with E-state index in [2.05, 4.69) is 29.9 Å². The molecule has 3 heterocycles. The Hall–Kier alpha value is -3.61. The van der Waals surface area contributed by atoms with Gasteiger partial charge in [0, 0.05) is 48.1 Å². The van der Waals surface area contributed by atoms with Gasteiger partial charge in [0.15, 0.2) is 6.61 Å². The van der Waals surface area contributed by atoms with Gasteiger partial charge in [-0.05, 0) is 82.3 Å². The number of piperidine rings is 1. The number of fused-ring (bicyclic) bond motifs is 1. The number of amides is 2. The van der Waals surface area contributed by atoms with E-state index in [4.69, 9.17) is 9.72 Å². The van der Waals surface area contributed by atoms with Crippen LogP contribution in [-0.2, 0) is 17.8 Å². The molecule has 1 fully saturated rings. The summed E-state index contributed by atoms with van der Waals surface area (Å²) in [6, 6.07) is 15.2. The van der Waals surface area contributed by atoms with Crippen molar-refractivity contribution in [1.29, 1.82) is 0 Å². The Labute approximate surface area is 212 Å². The first-order valence-electron chi connectivity index (χ1n) is 13.0. The van der Waals surface area contributed by atoms with Gasteiger partial charge in [-0.3, -0.25) is 9.59 Å². The molecule has 2 atom stereocenters. The molecule has 3 aromatic rings. The third-order valence-electron chi connectivity index (χ3n) is 7.29. The van der Waals surface area contributed by atoms with Crippen LogP contribution in [0.25, 0.3) is 11.3 Å². The number of carbonyl (C=O) groups excluding carboxylic acids is 2. The zero-order valence-corrected chi connectivity index (χ0v) is 21.1. The first-order chi connectivity index (χ1) is 17.5. The summed E-state index contributed by atoms with van der Waals surface area (Å²) in [5.41, 5.74) is 3.17. The molecule has 2 aliphatic heterocycles. The Morgan fingerprint density at radius 3 is 2.56 bits per heavy atom. The van der Waals surface area contributed by atoms with Crippen molar-refractivity contribution in [2.75, 3.05) is 11.9 Å². The Morgan fingerprint density at radius 1 is 1.03 bits per heavy atom. The second kappa shape index (κ2) is 10.6. The maximum Gasteiger partial charge on any atom is 0.260 e. The summed E-state index contributed by atoms with van der Waals surface area (Å²) in [7, 11) is 0. The second-order valence-corrected chi connectivity index (χ2v) is 9.97. The van der Waals surface area contributed by atoms with Gasteiger partial charge >= 0.3 is 0 Å².